The van der Waals surface area contributed by atoms with Gasteiger partial charge < -0.3 is 4.57 Å². The van der Waals surface area contributed by atoms with E-state index in [1.807, 2.05) is 0 Å². The molecule has 0 fully saturated rings. The second-order valence-electron chi connectivity index (χ2n) is 6.49. The van der Waals surface area contributed by atoms with Gasteiger partial charge in [-0.3, -0.25) is 0 Å². The molecule has 1 aliphatic rings. The molecule has 0 bridgehead atoms. The van der Waals surface area contributed by atoms with Gasteiger partial charge in [-0.1, -0.05) is 25.5 Å². The number of hydrogen-bond donors (Lipinski definition) is 0. The third kappa shape index (κ3) is 2.31. The molecule has 0 radical (unpaired) electrons. The van der Waals surface area contributed by atoms with Crippen molar-refractivity contribution >= 4 is 10.9 Å². The Morgan fingerprint density at radius 2 is 1.95 bits per heavy atom. The van der Waals surface area contributed by atoms with E-state index >= 15 is 0 Å². The van der Waals surface area contributed by atoms with Crippen LogP contribution in [0.3, 0.4) is 0 Å². The molecule has 1 aromatic carbocycles. The fraction of sp³-hybridized carbons (Fsp3) is 0.556. The van der Waals surface area contributed by atoms with Crippen molar-refractivity contribution < 1.29 is 0 Å². The lowest BCUT2D eigenvalue weighted by atomic mass is 9.95. The molecule has 2 aromatic rings. The van der Waals surface area contributed by atoms with Crippen molar-refractivity contribution in [2.24, 2.45) is 5.92 Å². The Morgan fingerprint density at radius 1 is 1.16 bits per heavy atom. The van der Waals surface area contributed by atoms with E-state index in [-0.39, 0.29) is 0 Å². The largest absolute Gasteiger partial charge is 0.344 e. The lowest BCUT2D eigenvalue weighted by Gasteiger charge is -2.16. The molecular formula is C18H25N. The Morgan fingerprint density at radius 3 is 2.74 bits per heavy atom. The molecule has 0 N–H and O–H groups in total. The highest BCUT2D eigenvalue weighted by Crippen LogP contribution is 2.33. The minimum absolute atomic E-state index is 0.780. The van der Waals surface area contributed by atoms with Crippen molar-refractivity contribution in [3.8, 4) is 0 Å². The molecule has 0 unspecified atom stereocenters. The zero-order chi connectivity index (χ0) is 13.4. The quantitative estimate of drug-likeness (QED) is 0.737. The van der Waals surface area contributed by atoms with E-state index in [1.54, 1.807) is 11.3 Å². The van der Waals surface area contributed by atoms with Crippen LogP contribution >= 0.6 is 0 Å². The normalized spacial score (nSPS) is 15.2. The van der Waals surface area contributed by atoms with Crippen LogP contribution in [-0.2, 0) is 19.4 Å². The molecule has 1 aromatic heterocycles. The first-order chi connectivity index (χ1) is 9.16. The molecule has 102 valence electrons. The van der Waals surface area contributed by atoms with E-state index < -0.39 is 0 Å². The standard InChI is InChI=1S/C18H25N/c1-13(2)10-11-19-17-7-5-4-6-15(17)16-12-14(3)8-9-18(16)19/h8-9,12-13H,4-7,10-11H2,1-3H3. The van der Waals surface area contributed by atoms with Gasteiger partial charge >= 0.3 is 0 Å². The van der Waals surface area contributed by atoms with E-state index in [4.69, 9.17) is 0 Å². The van der Waals surface area contributed by atoms with Crippen LogP contribution in [0.4, 0.5) is 0 Å². The zero-order valence-corrected chi connectivity index (χ0v) is 12.5. The average Bonchev–Trinajstić information content (AvgIpc) is 2.70. The van der Waals surface area contributed by atoms with E-state index in [0.29, 0.717) is 0 Å². The highest BCUT2D eigenvalue weighted by Gasteiger charge is 2.19. The Balaban J connectivity index is 2.13. The van der Waals surface area contributed by atoms with Crippen LogP contribution < -0.4 is 0 Å². The van der Waals surface area contributed by atoms with Crippen molar-refractivity contribution in [3.63, 3.8) is 0 Å². The van der Waals surface area contributed by atoms with Crippen molar-refractivity contribution in [2.45, 2.75) is 59.4 Å². The maximum atomic E-state index is 2.61. The Hall–Kier alpha value is -1.24. The second-order valence-corrected chi connectivity index (χ2v) is 6.49. The van der Waals surface area contributed by atoms with Crippen LogP contribution in [0.2, 0.25) is 0 Å². The molecular weight excluding hydrogens is 230 g/mol. The number of hydrogen-bond acceptors (Lipinski definition) is 0. The summed E-state index contributed by atoms with van der Waals surface area (Å²) in [5.74, 6) is 0.780. The van der Waals surface area contributed by atoms with E-state index in [2.05, 4.69) is 43.5 Å². The predicted octanol–water partition coefficient (Wildman–Crippen LogP) is 4.87. The van der Waals surface area contributed by atoms with Crippen molar-refractivity contribution in [3.05, 3.63) is 35.0 Å². The van der Waals surface area contributed by atoms with Gasteiger partial charge in [0.05, 0.1) is 0 Å². The average molecular weight is 255 g/mol. The van der Waals surface area contributed by atoms with Crippen molar-refractivity contribution in [1.29, 1.82) is 0 Å². The van der Waals surface area contributed by atoms with Crippen LogP contribution in [0.25, 0.3) is 10.9 Å². The number of benzene rings is 1. The minimum atomic E-state index is 0.780. The van der Waals surface area contributed by atoms with Gasteiger partial charge in [0, 0.05) is 23.1 Å². The maximum absolute atomic E-state index is 2.61. The van der Waals surface area contributed by atoms with E-state index in [1.165, 1.54) is 55.1 Å². The van der Waals surface area contributed by atoms with Gasteiger partial charge in [-0.2, -0.15) is 0 Å². The van der Waals surface area contributed by atoms with Gasteiger partial charge in [0.2, 0.25) is 0 Å². The molecule has 1 heterocycles. The number of nitrogens with zero attached hydrogens (tertiary/aromatic N) is 1. The van der Waals surface area contributed by atoms with Crippen LogP contribution in [0.5, 0.6) is 0 Å². The number of aryl methyl sites for hydroxylation is 3. The monoisotopic (exact) mass is 255 g/mol. The first-order valence-corrected chi connectivity index (χ1v) is 7.77. The van der Waals surface area contributed by atoms with Gasteiger partial charge in [-0.25, -0.2) is 0 Å². The third-order valence-corrected chi connectivity index (χ3v) is 4.46. The summed E-state index contributed by atoms with van der Waals surface area (Å²) in [4.78, 5) is 0. The summed E-state index contributed by atoms with van der Waals surface area (Å²) in [7, 11) is 0. The topological polar surface area (TPSA) is 4.93 Å². The molecule has 0 saturated carbocycles. The number of aromatic nitrogens is 1. The van der Waals surface area contributed by atoms with Crippen LogP contribution in [0, 0.1) is 12.8 Å². The molecule has 1 aliphatic carbocycles. The summed E-state index contributed by atoms with van der Waals surface area (Å²) in [6.07, 6.45) is 6.57. The first-order valence-electron chi connectivity index (χ1n) is 7.77. The Labute approximate surface area is 116 Å². The minimum Gasteiger partial charge on any atom is -0.344 e. The highest BCUT2D eigenvalue weighted by atomic mass is 15.0. The van der Waals surface area contributed by atoms with E-state index in [9.17, 15) is 0 Å². The van der Waals surface area contributed by atoms with Gasteiger partial charge in [0.25, 0.3) is 0 Å². The molecule has 1 heteroatoms. The molecule has 19 heavy (non-hydrogen) atoms. The predicted molar refractivity (Wildman–Crippen MR) is 82.8 cm³/mol. The van der Waals surface area contributed by atoms with Crippen molar-refractivity contribution in [2.75, 3.05) is 0 Å². The van der Waals surface area contributed by atoms with Crippen LogP contribution in [0.1, 0.15) is 49.9 Å². The van der Waals surface area contributed by atoms with Gasteiger partial charge in [-0.15, -0.1) is 0 Å². The molecule has 0 spiro atoms. The fourth-order valence-corrected chi connectivity index (χ4v) is 3.39. The summed E-state index contributed by atoms with van der Waals surface area (Å²) in [6, 6.07) is 6.99. The Kier molecular flexibility index (Phi) is 3.38. The smallest absolute Gasteiger partial charge is 0.0485 e. The summed E-state index contributed by atoms with van der Waals surface area (Å²) in [5.41, 5.74) is 6.14. The molecule has 3 rings (SSSR count). The summed E-state index contributed by atoms with van der Waals surface area (Å²) >= 11 is 0. The van der Waals surface area contributed by atoms with Crippen molar-refractivity contribution in [1.82, 2.24) is 4.57 Å². The maximum Gasteiger partial charge on any atom is 0.0485 e. The first kappa shape index (κ1) is 12.8. The summed E-state index contributed by atoms with van der Waals surface area (Å²) in [5, 5.41) is 1.53. The summed E-state index contributed by atoms with van der Waals surface area (Å²) in [6.45, 7) is 8.04. The van der Waals surface area contributed by atoms with Crippen LogP contribution in [0.15, 0.2) is 18.2 Å². The van der Waals surface area contributed by atoms with E-state index in [0.717, 1.165) is 5.92 Å². The SMILES string of the molecule is Cc1ccc2c(c1)c1c(n2CCC(C)C)CCCC1. The lowest BCUT2D eigenvalue weighted by molar-refractivity contribution is 0.507. The lowest BCUT2D eigenvalue weighted by Crippen LogP contribution is -2.09. The molecule has 0 saturated heterocycles. The zero-order valence-electron chi connectivity index (χ0n) is 12.5. The molecule has 0 atom stereocenters. The number of rotatable bonds is 3. The molecule has 0 amide bonds. The number of fused-ring (bicyclic) bond motifs is 3. The highest BCUT2D eigenvalue weighted by molar-refractivity contribution is 5.86. The third-order valence-electron chi connectivity index (χ3n) is 4.46. The van der Waals surface area contributed by atoms with Crippen LogP contribution in [-0.4, -0.2) is 4.57 Å². The van der Waals surface area contributed by atoms with Gasteiger partial charge in [-0.05, 0) is 62.6 Å². The van der Waals surface area contributed by atoms with Gasteiger partial charge in [0.1, 0.15) is 0 Å². The molecule has 1 nitrogen and oxygen atoms in total. The molecule has 0 aliphatic heterocycles. The Bertz CT molecular complexity index is 589. The second kappa shape index (κ2) is 5.03. The summed E-state index contributed by atoms with van der Waals surface area (Å²) < 4.78 is 2.61. The fourth-order valence-electron chi connectivity index (χ4n) is 3.39. The van der Waals surface area contributed by atoms with Gasteiger partial charge in [0.15, 0.2) is 0 Å².